The Morgan fingerprint density at radius 2 is 0.804 bits per heavy atom. The lowest BCUT2D eigenvalue weighted by Gasteiger charge is -2.29. The Morgan fingerprint density at radius 3 is 1.23 bits per heavy atom. The minimum absolute atomic E-state index is 0.0531. The van der Waals surface area contributed by atoms with Crippen LogP contribution in [-0.2, 0) is 27.1 Å². The maximum atomic E-state index is 6.85. The first kappa shape index (κ1) is 41.8. The molecule has 0 unspecified atom stereocenters. The van der Waals surface area contributed by atoms with Crippen molar-refractivity contribution in [2.45, 2.75) is 131 Å². The van der Waals surface area contributed by atoms with E-state index in [2.05, 4.69) is 175 Å². The molecule has 10 radical (unpaired) electrons. The molecule has 0 aliphatic rings. The number of hydrogen-bond donors (Lipinski definition) is 0. The maximum absolute atomic E-state index is 6.85. The molecule has 56 heavy (non-hydrogen) atoms. The largest absolute Gasteiger partial charge is 0.309 e. The van der Waals surface area contributed by atoms with E-state index in [1.54, 1.807) is 0 Å². The van der Waals surface area contributed by atoms with Crippen LogP contribution in [0, 0.1) is 0 Å². The summed E-state index contributed by atoms with van der Waals surface area (Å²) < 4.78 is 2.47. The van der Waals surface area contributed by atoms with E-state index in [-0.39, 0.29) is 43.5 Å². The molecule has 0 bridgehead atoms. The Labute approximate surface area is 344 Å². The van der Waals surface area contributed by atoms with Gasteiger partial charge in [0.25, 0.3) is 0 Å². The van der Waals surface area contributed by atoms with Crippen LogP contribution in [0.3, 0.4) is 0 Å². The molecule has 276 valence electrons. The Hall–Kier alpha value is -3.78. The van der Waals surface area contributed by atoms with E-state index >= 15 is 0 Å². The van der Waals surface area contributed by atoms with E-state index in [1.807, 2.05) is 0 Å². The molecular formula is C50H56B5N. The molecule has 0 saturated heterocycles. The molecule has 0 aliphatic carbocycles. The highest BCUT2D eigenvalue weighted by atomic mass is 15.0. The van der Waals surface area contributed by atoms with E-state index in [4.69, 9.17) is 39.2 Å². The average Bonchev–Trinajstić information content (AvgIpc) is 3.42. The molecule has 1 nitrogen and oxygen atoms in total. The van der Waals surface area contributed by atoms with Crippen molar-refractivity contribution in [3.05, 3.63) is 94.5 Å². The van der Waals surface area contributed by atoms with Crippen LogP contribution in [-0.4, -0.2) is 43.8 Å². The van der Waals surface area contributed by atoms with E-state index < -0.39 is 0 Å². The SMILES string of the molecule is [B]c1c([B])c([B])c(-c2ccc3c(c2C(C)(C)C)c2c(-c4cc(C(C)(C)C)cc(C(C)(C)C)c4)cccc2n3-c2cc(C(C)(C)C)cc(C(C)(C)C)c2)c([B])c1[B]. The van der Waals surface area contributed by atoms with Gasteiger partial charge in [-0.15, -0.1) is 16.4 Å². The highest BCUT2D eigenvalue weighted by Crippen LogP contribution is 2.47. The molecule has 6 aromatic rings. The second-order valence-electron chi connectivity index (χ2n) is 21.2. The average molecular weight is 725 g/mol. The molecule has 0 saturated carbocycles. The van der Waals surface area contributed by atoms with Crippen molar-refractivity contribution in [1.29, 1.82) is 0 Å². The molecule has 0 fully saturated rings. The third kappa shape index (κ3) is 7.29. The molecule has 6 rings (SSSR count). The number of aromatic nitrogens is 1. The molecule has 5 aromatic carbocycles. The first-order chi connectivity index (χ1) is 25.5. The fourth-order valence-corrected chi connectivity index (χ4v) is 8.05. The van der Waals surface area contributed by atoms with Crippen LogP contribution in [0.25, 0.3) is 49.7 Å². The zero-order chi connectivity index (χ0) is 41.8. The molecule has 1 heterocycles. The molecular weight excluding hydrogens is 669 g/mol. The molecule has 1 aromatic heterocycles. The lowest BCUT2D eigenvalue weighted by molar-refractivity contribution is 0.567. The fraction of sp³-hybridized carbons (Fsp3) is 0.400. The molecule has 0 N–H and O–H groups in total. The minimum Gasteiger partial charge on any atom is -0.309 e. The Bertz CT molecular complexity index is 2440. The van der Waals surface area contributed by atoms with Gasteiger partial charge in [-0.2, -0.15) is 0 Å². The lowest BCUT2D eigenvalue weighted by Crippen LogP contribution is -2.55. The summed E-state index contributed by atoms with van der Waals surface area (Å²) >= 11 is 0. The third-order valence-corrected chi connectivity index (χ3v) is 11.6. The van der Waals surface area contributed by atoms with Crippen LogP contribution < -0.4 is 27.3 Å². The standard InChI is InChI=1S/C50H56B5N/c1-46(2,3)28-21-27(22-29(23-28)47(4,5)6)33-17-16-18-35-37(33)39-36(56(35)32-25-30(48(7,8)9)24-31(26-32)49(10,11)12)20-19-34(40(39)50(13,14)15)38-41(51)43(53)45(55)44(54)42(38)52/h16-26H,1-15H3. The zero-order valence-electron chi connectivity index (χ0n) is 36.7. The van der Waals surface area contributed by atoms with E-state index in [0.717, 1.165) is 33.2 Å². The quantitative estimate of drug-likeness (QED) is 0.161. The topological polar surface area (TPSA) is 4.93 Å². The van der Waals surface area contributed by atoms with Crippen LogP contribution in [0.15, 0.2) is 66.7 Å². The number of nitrogens with zero attached hydrogens (tertiary/aromatic N) is 1. The highest BCUT2D eigenvalue weighted by Gasteiger charge is 2.31. The van der Waals surface area contributed by atoms with Gasteiger partial charge in [0.15, 0.2) is 0 Å². The van der Waals surface area contributed by atoms with Gasteiger partial charge in [0.05, 0.1) is 11.0 Å². The normalized spacial score (nSPS) is 13.3. The van der Waals surface area contributed by atoms with Crippen molar-refractivity contribution in [3.8, 4) is 27.9 Å². The summed E-state index contributed by atoms with van der Waals surface area (Å²) in [5.74, 6) is 0. The van der Waals surface area contributed by atoms with Crippen molar-refractivity contribution < 1.29 is 0 Å². The van der Waals surface area contributed by atoms with Crippen molar-refractivity contribution in [1.82, 2.24) is 4.57 Å². The van der Waals surface area contributed by atoms with Gasteiger partial charge in [-0.25, -0.2) is 0 Å². The monoisotopic (exact) mass is 725 g/mol. The van der Waals surface area contributed by atoms with E-state index in [1.165, 1.54) is 38.8 Å². The van der Waals surface area contributed by atoms with Gasteiger partial charge in [-0.05, 0) is 101 Å². The summed E-state index contributed by atoms with van der Waals surface area (Å²) in [7, 11) is 33.1. The van der Waals surface area contributed by atoms with Gasteiger partial charge >= 0.3 is 0 Å². The maximum Gasteiger partial charge on any atom is 0.113 e. The summed E-state index contributed by atoms with van der Waals surface area (Å²) in [6, 6.07) is 25.4. The Morgan fingerprint density at radius 1 is 0.393 bits per heavy atom. The summed E-state index contributed by atoms with van der Waals surface area (Å²) in [6.07, 6.45) is 0. The third-order valence-electron chi connectivity index (χ3n) is 11.6. The van der Waals surface area contributed by atoms with Gasteiger partial charge in [0.2, 0.25) is 0 Å². The van der Waals surface area contributed by atoms with E-state index in [9.17, 15) is 0 Å². The van der Waals surface area contributed by atoms with Crippen molar-refractivity contribution >= 4 is 88.4 Å². The van der Waals surface area contributed by atoms with Crippen LogP contribution >= 0.6 is 0 Å². The summed E-state index contributed by atoms with van der Waals surface area (Å²) in [5.41, 5.74) is 14.3. The Balaban J connectivity index is 1.92. The smallest absolute Gasteiger partial charge is 0.113 e. The van der Waals surface area contributed by atoms with Crippen LogP contribution in [0.5, 0.6) is 0 Å². The number of benzene rings is 5. The summed E-state index contributed by atoms with van der Waals surface area (Å²) in [4.78, 5) is 0. The molecule has 0 amide bonds. The second kappa shape index (κ2) is 13.7. The highest BCUT2D eigenvalue weighted by molar-refractivity contribution is 6.68. The Kier molecular flexibility index (Phi) is 10.2. The lowest BCUT2D eigenvalue weighted by atomic mass is 9.59. The van der Waals surface area contributed by atoms with Gasteiger partial charge in [0, 0.05) is 16.5 Å². The molecule has 0 aliphatic heterocycles. The molecule has 0 atom stereocenters. The van der Waals surface area contributed by atoms with Crippen molar-refractivity contribution in [2.75, 3.05) is 0 Å². The molecule has 0 spiro atoms. The first-order valence-electron chi connectivity index (χ1n) is 20.0. The van der Waals surface area contributed by atoms with Gasteiger partial charge in [-0.1, -0.05) is 157 Å². The summed E-state index contributed by atoms with van der Waals surface area (Å²) in [5, 5.41) is 2.32. The predicted octanol–water partition coefficient (Wildman–Crippen LogP) is 8.57. The first-order valence-corrected chi connectivity index (χ1v) is 20.0. The van der Waals surface area contributed by atoms with E-state index in [0.29, 0.717) is 16.5 Å². The van der Waals surface area contributed by atoms with Crippen molar-refractivity contribution in [2.24, 2.45) is 0 Å². The predicted molar refractivity (Wildman–Crippen MR) is 252 cm³/mol. The number of fused-ring (bicyclic) bond motifs is 3. The van der Waals surface area contributed by atoms with Gasteiger partial charge in [0.1, 0.15) is 39.2 Å². The van der Waals surface area contributed by atoms with Crippen LogP contribution in [0.2, 0.25) is 0 Å². The molecule has 6 heteroatoms. The minimum atomic E-state index is -0.376. The van der Waals surface area contributed by atoms with Crippen LogP contribution in [0.4, 0.5) is 0 Å². The number of hydrogen-bond acceptors (Lipinski definition) is 0. The van der Waals surface area contributed by atoms with Gasteiger partial charge < -0.3 is 4.57 Å². The number of rotatable bonds is 3. The summed E-state index contributed by atoms with van der Waals surface area (Å²) in [6.45, 7) is 34.3. The second-order valence-corrected chi connectivity index (χ2v) is 21.2. The van der Waals surface area contributed by atoms with Crippen LogP contribution in [0.1, 0.15) is 132 Å². The van der Waals surface area contributed by atoms with Gasteiger partial charge in [-0.3, -0.25) is 0 Å². The zero-order valence-corrected chi connectivity index (χ0v) is 36.7. The fourth-order valence-electron chi connectivity index (χ4n) is 8.05. The van der Waals surface area contributed by atoms with Crippen molar-refractivity contribution in [3.63, 3.8) is 0 Å².